The van der Waals surface area contributed by atoms with Gasteiger partial charge in [0.2, 0.25) is 0 Å². The minimum atomic E-state index is -1.14. The van der Waals surface area contributed by atoms with Gasteiger partial charge < -0.3 is 15.3 Å². The van der Waals surface area contributed by atoms with Crippen LogP contribution in [0.5, 0.6) is 0 Å². The fourth-order valence-electron chi connectivity index (χ4n) is 1.07. The molecule has 2 N–H and O–H groups in total. The summed E-state index contributed by atoms with van der Waals surface area (Å²) in [4.78, 5) is 23.8. The first-order valence-corrected chi connectivity index (χ1v) is 4.89. The van der Waals surface area contributed by atoms with Crippen molar-refractivity contribution in [2.24, 2.45) is 0 Å². The summed E-state index contributed by atoms with van der Waals surface area (Å²) in [6, 6.07) is -1.50. The van der Waals surface area contributed by atoms with Crippen LogP contribution in [-0.2, 0) is 4.79 Å². The molecule has 16 heavy (non-hydrogen) atoms. The van der Waals surface area contributed by atoms with E-state index >= 15 is 0 Å². The maximum Gasteiger partial charge on any atom is 0.327 e. The van der Waals surface area contributed by atoms with E-state index in [1.807, 2.05) is 0 Å². The van der Waals surface area contributed by atoms with Gasteiger partial charge in [0, 0.05) is 19.5 Å². The summed E-state index contributed by atoms with van der Waals surface area (Å²) in [6.45, 7) is 6.14. The van der Waals surface area contributed by atoms with Crippen molar-refractivity contribution in [3.8, 4) is 12.3 Å². The van der Waals surface area contributed by atoms with Crippen molar-refractivity contribution < 1.29 is 14.7 Å². The van der Waals surface area contributed by atoms with Gasteiger partial charge in [-0.05, 0) is 6.92 Å². The zero-order valence-electron chi connectivity index (χ0n) is 9.27. The maximum atomic E-state index is 11.6. The van der Waals surface area contributed by atoms with Crippen molar-refractivity contribution >= 4 is 12.0 Å². The van der Waals surface area contributed by atoms with Crippen LogP contribution in [0.25, 0.3) is 0 Å². The van der Waals surface area contributed by atoms with Crippen LogP contribution in [0.15, 0.2) is 12.7 Å². The predicted octanol–water partition coefficient (Wildman–Crippen LogP) is 0.680. The molecule has 0 saturated heterocycles. The molecule has 0 heterocycles. The Morgan fingerprint density at radius 1 is 1.69 bits per heavy atom. The summed E-state index contributed by atoms with van der Waals surface area (Å²) in [6.07, 6.45) is 6.55. The molecule has 2 amide bonds. The van der Waals surface area contributed by atoms with Gasteiger partial charge in [-0.15, -0.1) is 18.9 Å². The molecule has 0 fully saturated rings. The lowest BCUT2D eigenvalue weighted by Gasteiger charge is -2.21. The quantitative estimate of drug-likeness (QED) is 0.515. The molecule has 88 valence electrons. The van der Waals surface area contributed by atoms with Crippen molar-refractivity contribution in [2.45, 2.75) is 19.4 Å². The average molecular weight is 224 g/mol. The van der Waals surface area contributed by atoms with Crippen LogP contribution in [0.4, 0.5) is 4.79 Å². The van der Waals surface area contributed by atoms with Crippen molar-refractivity contribution in [1.29, 1.82) is 0 Å². The number of carboxylic acids is 1. The standard InChI is InChI=1S/C11H16N2O3/c1-4-7-9(10(14)15)12-11(16)13(6-3)8-5-2/h1,5,9H,2,6-8H2,3H3,(H,12,16)(H,14,15). The molecule has 1 unspecified atom stereocenters. The Hall–Kier alpha value is -1.96. The van der Waals surface area contributed by atoms with Gasteiger partial charge in [0.25, 0.3) is 0 Å². The monoisotopic (exact) mass is 224 g/mol. The third kappa shape index (κ3) is 4.51. The average Bonchev–Trinajstić information content (AvgIpc) is 2.24. The van der Waals surface area contributed by atoms with E-state index < -0.39 is 18.0 Å². The van der Waals surface area contributed by atoms with Crippen molar-refractivity contribution in [3.63, 3.8) is 0 Å². The number of likely N-dealkylation sites (N-methyl/N-ethyl adjacent to an activating group) is 1. The number of carboxylic acid groups (broad SMARTS) is 1. The van der Waals surface area contributed by atoms with E-state index in [2.05, 4.69) is 17.8 Å². The summed E-state index contributed by atoms with van der Waals surface area (Å²) in [5.41, 5.74) is 0. The molecule has 0 aliphatic carbocycles. The minimum absolute atomic E-state index is 0.0350. The van der Waals surface area contributed by atoms with Gasteiger partial charge >= 0.3 is 12.0 Å². The highest BCUT2D eigenvalue weighted by Crippen LogP contribution is 1.95. The molecule has 0 bridgehead atoms. The number of urea groups is 1. The summed E-state index contributed by atoms with van der Waals surface area (Å²) in [7, 11) is 0. The lowest BCUT2D eigenvalue weighted by molar-refractivity contribution is -0.139. The first-order valence-electron chi connectivity index (χ1n) is 4.89. The molecule has 0 saturated carbocycles. The topological polar surface area (TPSA) is 69.6 Å². The number of terminal acetylenes is 1. The lowest BCUT2D eigenvalue weighted by Crippen LogP contribution is -2.47. The van der Waals surface area contributed by atoms with E-state index in [1.165, 1.54) is 4.90 Å². The number of nitrogens with zero attached hydrogens (tertiary/aromatic N) is 1. The lowest BCUT2D eigenvalue weighted by atomic mass is 10.2. The normalized spacial score (nSPS) is 11.0. The Morgan fingerprint density at radius 3 is 2.69 bits per heavy atom. The third-order valence-corrected chi connectivity index (χ3v) is 1.94. The molecule has 0 rings (SSSR count). The van der Waals surface area contributed by atoms with E-state index in [4.69, 9.17) is 11.5 Å². The van der Waals surface area contributed by atoms with Crippen LogP contribution in [0, 0.1) is 12.3 Å². The van der Waals surface area contributed by atoms with E-state index in [-0.39, 0.29) is 6.42 Å². The fraction of sp³-hybridized carbons (Fsp3) is 0.455. The smallest absolute Gasteiger partial charge is 0.327 e. The number of carbonyl (C=O) groups is 2. The fourth-order valence-corrected chi connectivity index (χ4v) is 1.07. The van der Waals surface area contributed by atoms with Gasteiger partial charge in [0.1, 0.15) is 6.04 Å². The Kier molecular flexibility index (Phi) is 6.45. The maximum absolute atomic E-state index is 11.6. The van der Waals surface area contributed by atoms with Gasteiger partial charge in [-0.3, -0.25) is 0 Å². The molecule has 5 heteroatoms. The van der Waals surface area contributed by atoms with Crippen LogP contribution in [0.1, 0.15) is 13.3 Å². The largest absolute Gasteiger partial charge is 0.480 e. The van der Waals surface area contributed by atoms with Crippen LogP contribution in [-0.4, -0.2) is 41.1 Å². The van der Waals surface area contributed by atoms with E-state index in [0.29, 0.717) is 13.1 Å². The molecule has 0 aliphatic rings. The van der Waals surface area contributed by atoms with Gasteiger partial charge in [0.05, 0.1) is 0 Å². The van der Waals surface area contributed by atoms with E-state index in [0.717, 1.165) is 0 Å². The molecule has 0 aliphatic heterocycles. The highest BCUT2D eigenvalue weighted by molar-refractivity contribution is 5.82. The van der Waals surface area contributed by atoms with Gasteiger partial charge in [-0.2, -0.15) is 0 Å². The van der Waals surface area contributed by atoms with Crippen LogP contribution < -0.4 is 5.32 Å². The molecule has 1 atom stereocenters. The summed E-state index contributed by atoms with van der Waals surface area (Å²) >= 11 is 0. The van der Waals surface area contributed by atoms with E-state index in [9.17, 15) is 9.59 Å². The highest BCUT2D eigenvalue weighted by atomic mass is 16.4. The Morgan fingerprint density at radius 2 is 2.31 bits per heavy atom. The Labute approximate surface area is 95.1 Å². The summed E-state index contributed by atoms with van der Waals surface area (Å²) in [5, 5.41) is 11.1. The molecule has 5 nitrogen and oxygen atoms in total. The second-order valence-corrected chi connectivity index (χ2v) is 3.08. The van der Waals surface area contributed by atoms with Crippen molar-refractivity contribution in [3.05, 3.63) is 12.7 Å². The van der Waals surface area contributed by atoms with Crippen molar-refractivity contribution in [2.75, 3.05) is 13.1 Å². The van der Waals surface area contributed by atoms with E-state index in [1.54, 1.807) is 13.0 Å². The third-order valence-electron chi connectivity index (χ3n) is 1.94. The number of amides is 2. The van der Waals surface area contributed by atoms with Crippen LogP contribution in [0.3, 0.4) is 0 Å². The Bertz CT molecular complexity index is 307. The number of nitrogens with one attached hydrogen (secondary N) is 1. The molecule has 0 aromatic rings. The number of hydrogen-bond donors (Lipinski definition) is 2. The molecule has 0 radical (unpaired) electrons. The van der Waals surface area contributed by atoms with Gasteiger partial charge in [-0.1, -0.05) is 6.08 Å². The molecular formula is C11H16N2O3. The van der Waals surface area contributed by atoms with Crippen LogP contribution >= 0.6 is 0 Å². The molecule has 0 aromatic carbocycles. The second-order valence-electron chi connectivity index (χ2n) is 3.08. The summed E-state index contributed by atoms with van der Waals surface area (Å²) < 4.78 is 0. The van der Waals surface area contributed by atoms with Gasteiger partial charge in [0.15, 0.2) is 0 Å². The number of hydrogen-bond acceptors (Lipinski definition) is 2. The molecule has 0 spiro atoms. The number of carbonyl (C=O) groups excluding carboxylic acids is 1. The number of rotatable bonds is 6. The zero-order valence-corrected chi connectivity index (χ0v) is 9.27. The highest BCUT2D eigenvalue weighted by Gasteiger charge is 2.20. The second kappa shape index (κ2) is 7.35. The molecular weight excluding hydrogens is 208 g/mol. The predicted molar refractivity (Wildman–Crippen MR) is 60.8 cm³/mol. The Balaban J connectivity index is 4.43. The molecule has 0 aromatic heterocycles. The minimum Gasteiger partial charge on any atom is -0.480 e. The first kappa shape index (κ1) is 14.0. The first-order chi connectivity index (χ1) is 7.56. The summed E-state index contributed by atoms with van der Waals surface area (Å²) in [5.74, 6) is 1.07. The van der Waals surface area contributed by atoms with Crippen molar-refractivity contribution in [1.82, 2.24) is 10.2 Å². The van der Waals surface area contributed by atoms with Crippen LogP contribution in [0.2, 0.25) is 0 Å². The zero-order chi connectivity index (χ0) is 12.6. The number of aliphatic carboxylic acids is 1. The van der Waals surface area contributed by atoms with Gasteiger partial charge in [-0.25, -0.2) is 9.59 Å². The SMILES string of the molecule is C#CCC(NC(=O)N(CC)CC=C)C(=O)O.